The lowest BCUT2D eigenvalue weighted by molar-refractivity contribution is -0.121. The number of nitrogens with zero attached hydrogens (tertiary/aromatic N) is 3. The molecule has 0 bridgehead atoms. The highest BCUT2D eigenvalue weighted by atomic mass is 32.2. The summed E-state index contributed by atoms with van der Waals surface area (Å²) in [4.78, 5) is 31.4. The Labute approximate surface area is 179 Å². The number of piperidine rings is 1. The Hall–Kier alpha value is -3.13. The average molecular weight is 422 g/mol. The van der Waals surface area contributed by atoms with Crippen molar-refractivity contribution in [2.75, 3.05) is 18.4 Å². The topological polar surface area (TPSA) is 91.0 Å². The molecule has 0 aliphatic carbocycles. The summed E-state index contributed by atoms with van der Waals surface area (Å²) in [5, 5.41) is 10.4. The van der Waals surface area contributed by atoms with Gasteiger partial charge in [-0.15, -0.1) is 0 Å². The minimum atomic E-state index is -0.194. The van der Waals surface area contributed by atoms with Crippen LogP contribution in [0.4, 0.5) is 5.69 Å². The molecule has 30 heavy (non-hydrogen) atoms. The van der Waals surface area contributed by atoms with Crippen LogP contribution in [0.15, 0.2) is 66.1 Å². The van der Waals surface area contributed by atoms with Crippen molar-refractivity contribution in [2.45, 2.75) is 23.8 Å². The number of carbonyl (C=O) groups is 2. The maximum atomic E-state index is 12.9. The van der Waals surface area contributed by atoms with Gasteiger partial charge in [0.05, 0.1) is 5.92 Å². The van der Waals surface area contributed by atoms with Gasteiger partial charge in [0.1, 0.15) is 6.33 Å². The highest BCUT2D eigenvalue weighted by Crippen LogP contribution is 2.22. The fourth-order valence-corrected chi connectivity index (χ4v) is 4.22. The molecule has 1 atom stereocenters. The first-order valence-electron chi connectivity index (χ1n) is 9.91. The van der Waals surface area contributed by atoms with Crippen LogP contribution in [0.5, 0.6) is 0 Å². The van der Waals surface area contributed by atoms with Crippen molar-refractivity contribution in [3.63, 3.8) is 0 Å². The summed E-state index contributed by atoms with van der Waals surface area (Å²) in [5.41, 5.74) is 2.53. The quantitative estimate of drug-likeness (QED) is 0.594. The third-order valence-electron chi connectivity index (χ3n) is 5.09. The first-order valence-corrected chi connectivity index (χ1v) is 10.9. The van der Waals surface area contributed by atoms with Crippen molar-refractivity contribution >= 4 is 29.3 Å². The molecule has 154 valence electrons. The van der Waals surface area contributed by atoms with Crippen LogP contribution >= 0.6 is 11.8 Å². The molecular formula is C22H23N5O2S. The van der Waals surface area contributed by atoms with E-state index in [-0.39, 0.29) is 17.7 Å². The van der Waals surface area contributed by atoms with Gasteiger partial charge < -0.3 is 10.2 Å². The molecular weight excluding hydrogens is 398 g/mol. The molecule has 2 N–H and O–H groups in total. The number of amides is 2. The van der Waals surface area contributed by atoms with E-state index in [9.17, 15) is 9.59 Å². The fraction of sp³-hybridized carbons (Fsp3) is 0.273. The molecule has 4 rings (SSSR count). The maximum Gasteiger partial charge on any atom is 0.253 e. The van der Waals surface area contributed by atoms with Crippen LogP contribution in [0.2, 0.25) is 0 Å². The van der Waals surface area contributed by atoms with Crippen LogP contribution < -0.4 is 5.32 Å². The van der Waals surface area contributed by atoms with Gasteiger partial charge in [-0.25, -0.2) is 4.98 Å². The van der Waals surface area contributed by atoms with E-state index in [4.69, 9.17) is 0 Å². The zero-order valence-corrected chi connectivity index (χ0v) is 17.3. The number of hydrogen-bond donors (Lipinski definition) is 2. The summed E-state index contributed by atoms with van der Waals surface area (Å²) >= 11 is 1.56. The van der Waals surface area contributed by atoms with Gasteiger partial charge in [-0.3, -0.25) is 14.7 Å². The number of hydrogen-bond acceptors (Lipinski definition) is 5. The zero-order valence-electron chi connectivity index (χ0n) is 16.5. The van der Waals surface area contributed by atoms with E-state index in [0.29, 0.717) is 18.7 Å². The lowest BCUT2D eigenvalue weighted by atomic mass is 9.96. The minimum Gasteiger partial charge on any atom is -0.338 e. The van der Waals surface area contributed by atoms with Crippen molar-refractivity contribution in [1.82, 2.24) is 20.1 Å². The van der Waals surface area contributed by atoms with Crippen LogP contribution in [0, 0.1) is 5.92 Å². The predicted molar refractivity (Wildman–Crippen MR) is 116 cm³/mol. The normalized spacial score (nSPS) is 16.3. The Morgan fingerprint density at radius 3 is 2.67 bits per heavy atom. The molecule has 1 fully saturated rings. The third kappa shape index (κ3) is 5.07. The first-order chi connectivity index (χ1) is 14.7. The Morgan fingerprint density at radius 1 is 1.13 bits per heavy atom. The number of aromatic amines is 1. The molecule has 0 saturated carbocycles. The largest absolute Gasteiger partial charge is 0.338 e. The molecule has 0 spiro atoms. The van der Waals surface area contributed by atoms with E-state index >= 15 is 0 Å². The standard InChI is InChI=1S/C22H23N5O2S/c28-20(25-19-6-2-1-3-7-19)18-5-4-12-27(13-18)21(29)17-10-8-16(9-11-17)14-30-22-23-15-24-26-22/h1-3,6-11,15,18H,4-5,12-14H2,(H,25,28)(H,23,24,26)/t18-/m0/s1. The number of thioether (sulfide) groups is 1. The molecule has 2 heterocycles. The summed E-state index contributed by atoms with van der Waals surface area (Å²) in [6, 6.07) is 17.0. The number of rotatable bonds is 6. The Bertz CT molecular complexity index is 977. The second-order valence-corrected chi connectivity index (χ2v) is 8.19. The van der Waals surface area contributed by atoms with Crippen LogP contribution in [0.1, 0.15) is 28.8 Å². The van der Waals surface area contributed by atoms with Crippen molar-refractivity contribution in [3.8, 4) is 0 Å². The first kappa shape index (κ1) is 20.2. The fourth-order valence-electron chi connectivity index (χ4n) is 3.48. The Morgan fingerprint density at radius 2 is 1.93 bits per heavy atom. The zero-order chi connectivity index (χ0) is 20.8. The summed E-state index contributed by atoms with van der Waals surface area (Å²) in [5.74, 6) is 0.496. The van der Waals surface area contributed by atoms with Gasteiger partial charge in [0.2, 0.25) is 5.91 Å². The van der Waals surface area contributed by atoms with E-state index in [1.54, 1.807) is 16.7 Å². The SMILES string of the molecule is O=C(Nc1ccccc1)[C@H]1CCCN(C(=O)c2ccc(CSc3ncn[nH]3)cc2)C1. The Kier molecular flexibility index (Phi) is 6.44. The van der Waals surface area contributed by atoms with Crippen LogP contribution in [0.25, 0.3) is 0 Å². The van der Waals surface area contributed by atoms with Gasteiger partial charge in [-0.1, -0.05) is 42.1 Å². The van der Waals surface area contributed by atoms with Gasteiger partial charge in [0.15, 0.2) is 5.16 Å². The molecule has 1 saturated heterocycles. The molecule has 2 aromatic carbocycles. The maximum absolute atomic E-state index is 12.9. The molecule has 8 heteroatoms. The van der Waals surface area contributed by atoms with E-state index < -0.39 is 0 Å². The van der Waals surface area contributed by atoms with Crippen molar-refractivity contribution in [3.05, 3.63) is 72.1 Å². The molecule has 1 aliphatic heterocycles. The van der Waals surface area contributed by atoms with Gasteiger partial charge in [-0.05, 0) is 42.7 Å². The van der Waals surface area contributed by atoms with E-state index in [2.05, 4.69) is 20.5 Å². The Balaban J connectivity index is 1.33. The number of nitrogens with one attached hydrogen (secondary N) is 2. The number of H-pyrrole nitrogens is 1. The van der Waals surface area contributed by atoms with Crippen LogP contribution in [-0.2, 0) is 10.5 Å². The molecule has 0 unspecified atom stereocenters. The van der Waals surface area contributed by atoms with Gasteiger partial charge in [0.25, 0.3) is 5.91 Å². The summed E-state index contributed by atoms with van der Waals surface area (Å²) in [6.45, 7) is 1.12. The van der Waals surface area contributed by atoms with E-state index in [1.807, 2.05) is 54.6 Å². The highest BCUT2D eigenvalue weighted by molar-refractivity contribution is 7.98. The predicted octanol–water partition coefficient (Wildman–Crippen LogP) is 3.59. The van der Waals surface area contributed by atoms with Crippen molar-refractivity contribution in [2.24, 2.45) is 5.92 Å². The average Bonchev–Trinajstić information content (AvgIpc) is 3.32. The van der Waals surface area contributed by atoms with Crippen molar-refractivity contribution in [1.29, 1.82) is 0 Å². The van der Waals surface area contributed by atoms with E-state index in [1.165, 1.54) is 6.33 Å². The molecule has 3 aromatic rings. The van der Waals surface area contributed by atoms with Crippen LogP contribution in [0.3, 0.4) is 0 Å². The van der Waals surface area contributed by atoms with Gasteiger partial charge in [-0.2, -0.15) is 5.10 Å². The molecule has 1 aromatic heterocycles. The monoisotopic (exact) mass is 421 g/mol. The van der Waals surface area contributed by atoms with Gasteiger partial charge >= 0.3 is 0 Å². The third-order valence-corrected chi connectivity index (χ3v) is 6.04. The summed E-state index contributed by atoms with van der Waals surface area (Å²) < 4.78 is 0. The van der Waals surface area contributed by atoms with Gasteiger partial charge in [0, 0.05) is 30.1 Å². The van der Waals surface area contributed by atoms with Crippen molar-refractivity contribution < 1.29 is 9.59 Å². The lowest BCUT2D eigenvalue weighted by Gasteiger charge is -2.32. The number of para-hydroxylation sites is 1. The van der Waals surface area contributed by atoms with E-state index in [0.717, 1.165) is 35.0 Å². The summed E-state index contributed by atoms with van der Waals surface area (Å²) in [7, 11) is 0. The minimum absolute atomic E-state index is 0.0263. The molecule has 7 nitrogen and oxygen atoms in total. The molecule has 1 aliphatic rings. The number of anilines is 1. The number of likely N-dealkylation sites (tertiary alicyclic amines) is 1. The lowest BCUT2D eigenvalue weighted by Crippen LogP contribution is -2.43. The smallest absolute Gasteiger partial charge is 0.253 e. The molecule has 0 radical (unpaired) electrons. The van der Waals surface area contributed by atoms with Crippen LogP contribution in [-0.4, -0.2) is 45.0 Å². The highest BCUT2D eigenvalue weighted by Gasteiger charge is 2.29. The summed E-state index contributed by atoms with van der Waals surface area (Å²) in [6.07, 6.45) is 3.10. The number of aromatic nitrogens is 3. The second-order valence-electron chi connectivity index (χ2n) is 7.22. The second kappa shape index (κ2) is 9.58. The number of benzene rings is 2. The number of carbonyl (C=O) groups excluding carboxylic acids is 2. The molecule has 2 amide bonds.